The Bertz CT molecular complexity index is 889. The SMILES string of the molecule is CCCCCCCCCCCCCCCCCCCCC(=O)O[C@H](COC(=O)CCCCCCCCCCC)COC(=O)CCCCCCCCCCCCC(C)CC. The molecule has 350 valence electrons. The summed E-state index contributed by atoms with van der Waals surface area (Å²) >= 11 is 0. The van der Waals surface area contributed by atoms with Gasteiger partial charge in [0.1, 0.15) is 13.2 Å². The Hall–Kier alpha value is -1.59. The molecule has 0 aliphatic rings. The molecule has 0 fully saturated rings. The van der Waals surface area contributed by atoms with E-state index in [4.69, 9.17) is 14.2 Å². The van der Waals surface area contributed by atoms with Gasteiger partial charge in [-0.15, -0.1) is 0 Å². The predicted molar refractivity (Wildman–Crippen MR) is 252 cm³/mol. The van der Waals surface area contributed by atoms with E-state index in [1.807, 2.05) is 0 Å². The first-order valence-electron chi connectivity index (χ1n) is 26.4. The van der Waals surface area contributed by atoms with E-state index in [1.165, 1.54) is 193 Å². The van der Waals surface area contributed by atoms with Crippen LogP contribution in [0.3, 0.4) is 0 Å². The van der Waals surface area contributed by atoms with Crippen LogP contribution in [-0.4, -0.2) is 37.2 Å². The zero-order valence-corrected chi connectivity index (χ0v) is 40.2. The van der Waals surface area contributed by atoms with Gasteiger partial charge in [0, 0.05) is 19.3 Å². The third-order valence-corrected chi connectivity index (χ3v) is 12.4. The molecule has 0 saturated heterocycles. The van der Waals surface area contributed by atoms with Crippen molar-refractivity contribution >= 4 is 17.9 Å². The number of rotatable bonds is 48. The molecule has 6 heteroatoms. The number of hydrogen-bond donors (Lipinski definition) is 0. The van der Waals surface area contributed by atoms with Gasteiger partial charge in [-0.25, -0.2) is 0 Å². The molecule has 0 aliphatic carbocycles. The van der Waals surface area contributed by atoms with Gasteiger partial charge in [-0.3, -0.25) is 14.4 Å². The lowest BCUT2D eigenvalue weighted by molar-refractivity contribution is -0.167. The molecule has 0 N–H and O–H groups in total. The first-order valence-corrected chi connectivity index (χ1v) is 26.4. The van der Waals surface area contributed by atoms with E-state index in [0.717, 1.165) is 63.7 Å². The van der Waals surface area contributed by atoms with E-state index in [-0.39, 0.29) is 31.1 Å². The molecule has 1 unspecified atom stereocenters. The van der Waals surface area contributed by atoms with E-state index < -0.39 is 6.10 Å². The minimum Gasteiger partial charge on any atom is -0.462 e. The van der Waals surface area contributed by atoms with Gasteiger partial charge >= 0.3 is 17.9 Å². The molecule has 2 atom stereocenters. The molecule has 0 aromatic rings. The smallest absolute Gasteiger partial charge is 0.306 e. The molecule has 0 heterocycles. The molecule has 6 nitrogen and oxygen atoms in total. The maximum Gasteiger partial charge on any atom is 0.306 e. The number of carbonyl (C=O) groups excluding carboxylic acids is 3. The van der Waals surface area contributed by atoms with Gasteiger partial charge in [-0.1, -0.05) is 259 Å². The third-order valence-electron chi connectivity index (χ3n) is 12.4. The van der Waals surface area contributed by atoms with Crippen LogP contribution in [0.15, 0.2) is 0 Å². The van der Waals surface area contributed by atoms with Crippen LogP contribution in [0, 0.1) is 5.92 Å². The quantitative estimate of drug-likeness (QED) is 0.0345. The molecule has 0 aliphatic heterocycles. The summed E-state index contributed by atoms with van der Waals surface area (Å²) in [5.41, 5.74) is 0. The predicted octanol–water partition coefficient (Wildman–Crippen LogP) is 17.1. The fraction of sp³-hybridized carbons (Fsp3) is 0.943. The lowest BCUT2D eigenvalue weighted by Gasteiger charge is -2.18. The van der Waals surface area contributed by atoms with Crippen LogP contribution in [0.25, 0.3) is 0 Å². The summed E-state index contributed by atoms with van der Waals surface area (Å²) in [5, 5.41) is 0. The van der Waals surface area contributed by atoms with Gasteiger partial charge in [0.05, 0.1) is 0 Å². The monoisotopic (exact) mass is 835 g/mol. The van der Waals surface area contributed by atoms with Crippen molar-refractivity contribution in [2.45, 2.75) is 303 Å². The van der Waals surface area contributed by atoms with E-state index in [9.17, 15) is 14.4 Å². The van der Waals surface area contributed by atoms with Crippen molar-refractivity contribution in [3.05, 3.63) is 0 Å². The Balaban J connectivity index is 4.25. The minimum atomic E-state index is -0.760. The maximum absolute atomic E-state index is 12.8. The molecule has 0 bridgehead atoms. The molecule has 0 aromatic heterocycles. The number of esters is 3. The molecular formula is C53H102O6. The molecule has 0 aromatic carbocycles. The van der Waals surface area contributed by atoms with Crippen molar-refractivity contribution in [1.82, 2.24) is 0 Å². The molecule has 0 radical (unpaired) electrons. The second-order valence-electron chi connectivity index (χ2n) is 18.4. The van der Waals surface area contributed by atoms with Crippen molar-refractivity contribution in [3.63, 3.8) is 0 Å². The average Bonchev–Trinajstić information content (AvgIpc) is 3.23. The number of unbranched alkanes of at least 4 members (excludes halogenated alkanes) is 34. The highest BCUT2D eigenvalue weighted by Crippen LogP contribution is 2.18. The zero-order chi connectivity index (χ0) is 43.1. The fourth-order valence-electron chi connectivity index (χ4n) is 8.01. The Labute approximate surface area is 368 Å². The van der Waals surface area contributed by atoms with Crippen LogP contribution in [0.2, 0.25) is 0 Å². The van der Waals surface area contributed by atoms with Gasteiger partial charge in [-0.05, 0) is 25.2 Å². The second kappa shape index (κ2) is 47.5. The number of ether oxygens (including phenoxy) is 3. The van der Waals surface area contributed by atoms with E-state index in [0.29, 0.717) is 19.3 Å². The number of carbonyl (C=O) groups is 3. The highest BCUT2D eigenvalue weighted by Gasteiger charge is 2.19. The van der Waals surface area contributed by atoms with Gasteiger partial charge in [0.2, 0.25) is 0 Å². The van der Waals surface area contributed by atoms with Crippen molar-refractivity contribution in [2.24, 2.45) is 5.92 Å². The van der Waals surface area contributed by atoms with E-state index >= 15 is 0 Å². The normalized spacial score (nSPS) is 12.4. The van der Waals surface area contributed by atoms with Crippen LogP contribution in [0.5, 0.6) is 0 Å². The van der Waals surface area contributed by atoms with Crippen LogP contribution >= 0.6 is 0 Å². The first kappa shape index (κ1) is 57.4. The highest BCUT2D eigenvalue weighted by molar-refractivity contribution is 5.71. The summed E-state index contributed by atoms with van der Waals surface area (Å²) in [6.07, 6.45) is 49.4. The molecule has 0 rings (SSSR count). The summed E-state index contributed by atoms with van der Waals surface area (Å²) < 4.78 is 16.8. The Morgan fingerprint density at radius 1 is 0.339 bits per heavy atom. The van der Waals surface area contributed by atoms with Crippen molar-refractivity contribution in [3.8, 4) is 0 Å². The Morgan fingerprint density at radius 3 is 0.881 bits per heavy atom. The van der Waals surface area contributed by atoms with Crippen LogP contribution in [-0.2, 0) is 28.6 Å². The lowest BCUT2D eigenvalue weighted by atomic mass is 9.99. The summed E-state index contributed by atoms with van der Waals surface area (Å²) in [6.45, 7) is 9.04. The standard InChI is InChI=1S/C53H102O6/c1-5-8-10-12-14-16-17-18-19-20-21-22-23-24-30-34-38-42-46-53(56)59-50(47-57-51(54)44-40-36-32-27-15-13-11-9-6-2)48-58-52(55)45-41-37-33-29-26-25-28-31-35-39-43-49(4)7-3/h49-50H,5-48H2,1-4H3/t49?,50-/m1/s1. The van der Waals surface area contributed by atoms with Gasteiger partial charge in [-0.2, -0.15) is 0 Å². The topological polar surface area (TPSA) is 78.9 Å². The van der Waals surface area contributed by atoms with Gasteiger partial charge in [0.15, 0.2) is 6.10 Å². The fourth-order valence-corrected chi connectivity index (χ4v) is 8.01. The van der Waals surface area contributed by atoms with Crippen LogP contribution in [0.4, 0.5) is 0 Å². The first-order chi connectivity index (χ1) is 28.9. The van der Waals surface area contributed by atoms with E-state index in [1.54, 1.807) is 0 Å². The summed E-state index contributed by atoms with van der Waals surface area (Å²) in [5.74, 6) is 0.0233. The molecule has 0 saturated carbocycles. The van der Waals surface area contributed by atoms with E-state index in [2.05, 4.69) is 27.7 Å². The Morgan fingerprint density at radius 2 is 0.593 bits per heavy atom. The second-order valence-corrected chi connectivity index (χ2v) is 18.4. The zero-order valence-electron chi connectivity index (χ0n) is 40.2. The largest absolute Gasteiger partial charge is 0.462 e. The average molecular weight is 835 g/mol. The van der Waals surface area contributed by atoms with Crippen molar-refractivity contribution in [2.75, 3.05) is 13.2 Å². The molecule has 0 amide bonds. The summed E-state index contributed by atoms with van der Waals surface area (Å²) in [7, 11) is 0. The van der Waals surface area contributed by atoms with Gasteiger partial charge in [0.25, 0.3) is 0 Å². The maximum atomic E-state index is 12.8. The molecule has 59 heavy (non-hydrogen) atoms. The summed E-state index contributed by atoms with van der Waals surface area (Å²) in [4.78, 5) is 37.9. The highest BCUT2D eigenvalue weighted by atomic mass is 16.6. The Kier molecular flexibility index (Phi) is 46.2. The molecule has 0 spiro atoms. The minimum absolute atomic E-state index is 0.0631. The van der Waals surface area contributed by atoms with Gasteiger partial charge < -0.3 is 14.2 Å². The third kappa shape index (κ3) is 45.8. The van der Waals surface area contributed by atoms with Crippen molar-refractivity contribution < 1.29 is 28.6 Å². The van der Waals surface area contributed by atoms with Crippen molar-refractivity contribution in [1.29, 1.82) is 0 Å². The number of hydrogen-bond acceptors (Lipinski definition) is 6. The lowest BCUT2D eigenvalue weighted by Crippen LogP contribution is -2.30. The molecular weight excluding hydrogens is 733 g/mol. The summed E-state index contributed by atoms with van der Waals surface area (Å²) in [6, 6.07) is 0. The van der Waals surface area contributed by atoms with Crippen LogP contribution < -0.4 is 0 Å². The van der Waals surface area contributed by atoms with Crippen LogP contribution in [0.1, 0.15) is 297 Å².